The highest BCUT2D eigenvalue weighted by molar-refractivity contribution is 7.17. The molecule has 2 aromatic heterocycles. The van der Waals surface area contributed by atoms with Gasteiger partial charge in [0.05, 0.1) is 0 Å². The van der Waals surface area contributed by atoms with Crippen LogP contribution in [0.15, 0.2) is 22.9 Å². The lowest BCUT2D eigenvalue weighted by atomic mass is 10.1. The van der Waals surface area contributed by atoms with E-state index in [1.165, 1.54) is 29.6 Å². The largest absolute Gasteiger partial charge is 0.449 e. The first-order chi connectivity index (χ1) is 12.5. The molecule has 2 aromatic rings. The van der Waals surface area contributed by atoms with Crippen LogP contribution in [-0.4, -0.2) is 41.9 Å². The maximum atomic E-state index is 12.8. The molecule has 0 aromatic carbocycles. The standard InChI is InChI=1S/C18H20N2O4S2/c1-11(17(22)20-7-3-4-8-20)24-18(23)15-13(14-6-5-9-25-14)10-26-16(15)19-12(2)21/h5-6,9-11H,3-4,7-8H2,1-2H3,(H,19,21)/t11-/m0/s1. The second-order valence-corrected chi connectivity index (χ2v) is 7.92. The van der Waals surface area contributed by atoms with Gasteiger partial charge < -0.3 is 15.0 Å². The Morgan fingerprint density at radius 2 is 1.96 bits per heavy atom. The molecule has 1 atom stereocenters. The molecule has 1 saturated heterocycles. The van der Waals surface area contributed by atoms with Crippen molar-refractivity contribution in [1.82, 2.24) is 4.90 Å². The van der Waals surface area contributed by atoms with Crippen LogP contribution in [0.5, 0.6) is 0 Å². The molecule has 0 saturated carbocycles. The zero-order valence-corrected chi connectivity index (χ0v) is 16.2. The van der Waals surface area contributed by atoms with Crippen LogP contribution in [0.1, 0.15) is 37.0 Å². The Morgan fingerprint density at radius 1 is 1.23 bits per heavy atom. The number of rotatable bonds is 5. The Bertz CT molecular complexity index is 807. The van der Waals surface area contributed by atoms with E-state index in [9.17, 15) is 14.4 Å². The predicted octanol–water partition coefficient (Wildman–Crippen LogP) is 3.60. The Labute approximate surface area is 159 Å². The molecule has 0 aliphatic carbocycles. The van der Waals surface area contributed by atoms with Gasteiger partial charge in [0.1, 0.15) is 10.6 Å². The van der Waals surface area contributed by atoms with E-state index in [4.69, 9.17) is 4.74 Å². The summed E-state index contributed by atoms with van der Waals surface area (Å²) in [5.41, 5.74) is 1.01. The van der Waals surface area contributed by atoms with Crippen LogP contribution in [-0.2, 0) is 14.3 Å². The number of hydrogen-bond acceptors (Lipinski definition) is 6. The summed E-state index contributed by atoms with van der Waals surface area (Å²) in [6, 6.07) is 3.80. The highest BCUT2D eigenvalue weighted by Crippen LogP contribution is 2.38. The number of amides is 2. The molecule has 1 aliphatic heterocycles. The normalized spacial score (nSPS) is 14.9. The first kappa shape index (κ1) is 18.6. The molecule has 3 heterocycles. The van der Waals surface area contributed by atoms with Crippen LogP contribution in [0.2, 0.25) is 0 Å². The number of nitrogens with one attached hydrogen (secondary N) is 1. The molecule has 0 bridgehead atoms. The van der Waals surface area contributed by atoms with Crippen molar-refractivity contribution in [2.75, 3.05) is 18.4 Å². The Hall–Kier alpha value is -2.19. The first-order valence-corrected chi connectivity index (χ1v) is 10.2. The number of nitrogens with zero attached hydrogens (tertiary/aromatic N) is 1. The maximum Gasteiger partial charge on any atom is 0.342 e. The van der Waals surface area contributed by atoms with Crippen molar-refractivity contribution in [3.8, 4) is 10.4 Å². The molecule has 0 spiro atoms. The van der Waals surface area contributed by atoms with Gasteiger partial charge in [-0.15, -0.1) is 22.7 Å². The molecule has 1 fully saturated rings. The van der Waals surface area contributed by atoms with Crippen LogP contribution >= 0.6 is 22.7 Å². The second-order valence-electron chi connectivity index (χ2n) is 6.09. The molecular formula is C18H20N2O4S2. The molecule has 6 nitrogen and oxygen atoms in total. The lowest BCUT2D eigenvalue weighted by Crippen LogP contribution is -2.38. The van der Waals surface area contributed by atoms with Crippen molar-refractivity contribution in [3.63, 3.8) is 0 Å². The second kappa shape index (κ2) is 8.01. The predicted molar refractivity (Wildman–Crippen MR) is 103 cm³/mol. The van der Waals surface area contributed by atoms with Gasteiger partial charge in [-0.25, -0.2) is 4.79 Å². The smallest absolute Gasteiger partial charge is 0.342 e. The number of carbonyl (C=O) groups is 3. The van der Waals surface area contributed by atoms with Crippen LogP contribution in [0.3, 0.4) is 0 Å². The maximum absolute atomic E-state index is 12.8. The van der Waals surface area contributed by atoms with E-state index in [0.717, 1.165) is 17.7 Å². The minimum Gasteiger partial charge on any atom is -0.449 e. The molecule has 1 N–H and O–H groups in total. The minimum absolute atomic E-state index is 0.176. The molecule has 26 heavy (non-hydrogen) atoms. The summed E-state index contributed by atoms with van der Waals surface area (Å²) >= 11 is 2.77. The topological polar surface area (TPSA) is 75.7 Å². The lowest BCUT2D eigenvalue weighted by Gasteiger charge is -2.20. The SMILES string of the molecule is CC(=O)Nc1scc(-c2cccs2)c1C(=O)O[C@@H](C)C(=O)N1CCCC1. The number of hydrogen-bond donors (Lipinski definition) is 1. The number of anilines is 1. The summed E-state index contributed by atoms with van der Waals surface area (Å²) in [5, 5.41) is 6.86. The number of esters is 1. The van der Waals surface area contributed by atoms with Crippen LogP contribution in [0, 0.1) is 0 Å². The van der Waals surface area contributed by atoms with Gasteiger partial charge in [0.2, 0.25) is 5.91 Å². The van der Waals surface area contributed by atoms with E-state index in [1.807, 2.05) is 22.9 Å². The summed E-state index contributed by atoms with van der Waals surface area (Å²) < 4.78 is 5.46. The molecule has 138 valence electrons. The Kier molecular flexibility index (Phi) is 5.73. The summed E-state index contributed by atoms with van der Waals surface area (Å²) in [5.74, 6) is -1.04. The van der Waals surface area contributed by atoms with E-state index < -0.39 is 12.1 Å². The van der Waals surface area contributed by atoms with Gasteiger partial charge in [-0.05, 0) is 31.2 Å². The van der Waals surface area contributed by atoms with Crippen molar-refractivity contribution in [2.45, 2.75) is 32.8 Å². The van der Waals surface area contributed by atoms with E-state index in [1.54, 1.807) is 11.8 Å². The Balaban J connectivity index is 1.83. The van der Waals surface area contributed by atoms with Gasteiger partial charge in [0, 0.05) is 35.8 Å². The zero-order valence-electron chi connectivity index (χ0n) is 14.6. The Morgan fingerprint density at radius 3 is 2.58 bits per heavy atom. The summed E-state index contributed by atoms with van der Waals surface area (Å²) in [6.07, 6.45) is 1.10. The minimum atomic E-state index is -0.859. The van der Waals surface area contributed by atoms with Crippen molar-refractivity contribution in [3.05, 3.63) is 28.5 Å². The number of likely N-dealkylation sites (tertiary alicyclic amines) is 1. The van der Waals surface area contributed by atoms with E-state index >= 15 is 0 Å². The summed E-state index contributed by atoms with van der Waals surface area (Å²) in [6.45, 7) is 4.39. The van der Waals surface area contributed by atoms with Gasteiger partial charge in [-0.2, -0.15) is 0 Å². The molecule has 2 amide bonds. The first-order valence-electron chi connectivity index (χ1n) is 8.40. The van der Waals surface area contributed by atoms with Gasteiger partial charge in [-0.3, -0.25) is 9.59 Å². The lowest BCUT2D eigenvalue weighted by molar-refractivity contribution is -0.138. The number of ether oxygens (including phenoxy) is 1. The van der Waals surface area contributed by atoms with Gasteiger partial charge in [-0.1, -0.05) is 6.07 Å². The molecule has 0 radical (unpaired) electrons. The van der Waals surface area contributed by atoms with E-state index in [0.29, 0.717) is 29.2 Å². The fraction of sp³-hybridized carbons (Fsp3) is 0.389. The average molecular weight is 393 g/mol. The van der Waals surface area contributed by atoms with Crippen LogP contribution in [0.25, 0.3) is 10.4 Å². The van der Waals surface area contributed by atoms with Crippen molar-refractivity contribution in [2.24, 2.45) is 0 Å². The number of carbonyl (C=O) groups excluding carboxylic acids is 3. The van der Waals surface area contributed by atoms with Gasteiger partial charge >= 0.3 is 5.97 Å². The third kappa shape index (κ3) is 3.96. The van der Waals surface area contributed by atoms with Crippen LogP contribution < -0.4 is 5.32 Å². The van der Waals surface area contributed by atoms with E-state index in [2.05, 4.69) is 5.32 Å². The highest BCUT2D eigenvalue weighted by atomic mass is 32.1. The summed E-state index contributed by atoms with van der Waals surface area (Å²) in [7, 11) is 0. The van der Waals surface area contributed by atoms with Crippen molar-refractivity contribution < 1.29 is 19.1 Å². The molecular weight excluding hydrogens is 372 g/mol. The van der Waals surface area contributed by atoms with Crippen molar-refractivity contribution >= 4 is 45.5 Å². The molecule has 8 heteroatoms. The fourth-order valence-corrected chi connectivity index (χ4v) is 4.71. The van der Waals surface area contributed by atoms with E-state index in [-0.39, 0.29) is 11.8 Å². The van der Waals surface area contributed by atoms with Gasteiger partial charge in [0.15, 0.2) is 6.10 Å². The molecule has 3 rings (SSSR count). The fourth-order valence-electron chi connectivity index (χ4n) is 2.89. The molecule has 0 unspecified atom stereocenters. The number of thiophene rings is 2. The van der Waals surface area contributed by atoms with Crippen LogP contribution in [0.4, 0.5) is 5.00 Å². The van der Waals surface area contributed by atoms with Crippen molar-refractivity contribution in [1.29, 1.82) is 0 Å². The average Bonchev–Trinajstić information content (AvgIpc) is 3.34. The quantitative estimate of drug-likeness (QED) is 0.789. The highest BCUT2D eigenvalue weighted by Gasteiger charge is 2.29. The monoisotopic (exact) mass is 392 g/mol. The summed E-state index contributed by atoms with van der Waals surface area (Å²) in [4.78, 5) is 39.3. The third-order valence-electron chi connectivity index (χ3n) is 4.12. The molecule has 1 aliphatic rings. The van der Waals surface area contributed by atoms with Gasteiger partial charge in [0.25, 0.3) is 5.91 Å². The zero-order chi connectivity index (χ0) is 18.7. The third-order valence-corrected chi connectivity index (χ3v) is 5.92.